The quantitative estimate of drug-likeness (QED) is 0.819. The first-order valence-electron chi connectivity index (χ1n) is 4.15. The van der Waals surface area contributed by atoms with Crippen LogP contribution in [0.15, 0.2) is 18.2 Å². The first-order chi connectivity index (χ1) is 7.52. The van der Waals surface area contributed by atoms with Crippen LogP contribution in [0.2, 0.25) is 10.0 Å². The Kier molecular flexibility index (Phi) is 4.86. The van der Waals surface area contributed by atoms with Crippen molar-refractivity contribution in [3.8, 4) is 0 Å². The monoisotopic (exact) mass is 280 g/mol. The van der Waals surface area contributed by atoms with E-state index in [4.69, 9.17) is 34.8 Å². The van der Waals surface area contributed by atoms with Crippen LogP contribution in [0.3, 0.4) is 0 Å². The van der Waals surface area contributed by atoms with Crippen molar-refractivity contribution in [3.05, 3.63) is 28.2 Å². The van der Waals surface area contributed by atoms with Gasteiger partial charge >= 0.3 is 6.03 Å². The molecule has 0 atom stereocenters. The van der Waals surface area contributed by atoms with Crippen molar-refractivity contribution < 1.29 is 9.59 Å². The van der Waals surface area contributed by atoms with Gasteiger partial charge in [0.2, 0.25) is 5.91 Å². The molecule has 0 fully saturated rings. The summed E-state index contributed by atoms with van der Waals surface area (Å²) in [4.78, 5) is 22.0. The molecule has 7 heteroatoms. The predicted molar refractivity (Wildman–Crippen MR) is 64.3 cm³/mol. The van der Waals surface area contributed by atoms with Crippen LogP contribution >= 0.6 is 34.8 Å². The van der Waals surface area contributed by atoms with Gasteiger partial charge in [-0.25, -0.2) is 4.79 Å². The van der Waals surface area contributed by atoms with Gasteiger partial charge in [0, 0.05) is 5.02 Å². The van der Waals surface area contributed by atoms with Crippen LogP contribution < -0.4 is 10.6 Å². The number of benzene rings is 1. The molecule has 1 aromatic carbocycles. The molecule has 0 heterocycles. The maximum Gasteiger partial charge on any atom is 0.325 e. The molecule has 0 aromatic heterocycles. The van der Waals surface area contributed by atoms with Crippen molar-refractivity contribution in [1.29, 1.82) is 0 Å². The van der Waals surface area contributed by atoms with Crippen LogP contribution in [0.25, 0.3) is 0 Å². The topological polar surface area (TPSA) is 58.2 Å². The fourth-order valence-corrected chi connectivity index (χ4v) is 1.43. The molecule has 0 aliphatic heterocycles. The number of alkyl halides is 1. The number of amides is 3. The van der Waals surface area contributed by atoms with Gasteiger partial charge in [0.1, 0.15) is 5.88 Å². The first-order valence-corrected chi connectivity index (χ1v) is 5.44. The van der Waals surface area contributed by atoms with E-state index in [-0.39, 0.29) is 10.9 Å². The van der Waals surface area contributed by atoms with Crippen LogP contribution in [-0.4, -0.2) is 17.8 Å². The van der Waals surface area contributed by atoms with Gasteiger partial charge in [-0.05, 0) is 18.2 Å². The number of carbonyl (C=O) groups is 2. The fraction of sp³-hybridized carbons (Fsp3) is 0.111. The SMILES string of the molecule is O=C(CCl)NC(=O)Nc1ccc(Cl)cc1Cl. The number of urea groups is 1. The molecule has 0 spiro atoms. The third-order valence-corrected chi connectivity index (χ3v) is 2.34. The third-order valence-electron chi connectivity index (χ3n) is 1.55. The van der Waals surface area contributed by atoms with Crippen molar-refractivity contribution in [2.75, 3.05) is 11.2 Å². The summed E-state index contributed by atoms with van der Waals surface area (Å²) < 4.78 is 0. The van der Waals surface area contributed by atoms with Crippen molar-refractivity contribution in [2.24, 2.45) is 0 Å². The number of carbonyl (C=O) groups excluding carboxylic acids is 2. The molecule has 86 valence electrons. The molecule has 0 bridgehead atoms. The van der Waals surface area contributed by atoms with Crippen LogP contribution in [0, 0.1) is 0 Å². The molecule has 2 N–H and O–H groups in total. The molecule has 1 rings (SSSR count). The largest absolute Gasteiger partial charge is 0.325 e. The highest BCUT2D eigenvalue weighted by Gasteiger charge is 2.08. The molecule has 4 nitrogen and oxygen atoms in total. The van der Waals surface area contributed by atoms with Crippen LogP contribution in [0.4, 0.5) is 10.5 Å². The Morgan fingerprint density at radius 3 is 2.50 bits per heavy atom. The summed E-state index contributed by atoms with van der Waals surface area (Å²) in [6.07, 6.45) is 0. The fourth-order valence-electron chi connectivity index (χ4n) is 0.904. The third kappa shape index (κ3) is 3.89. The molecule has 0 saturated heterocycles. The Morgan fingerprint density at radius 1 is 1.25 bits per heavy atom. The molecule has 0 radical (unpaired) electrons. The predicted octanol–water partition coefficient (Wildman–Crippen LogP) is 2.88. The summed E-state index contributed by atoms with van der Waals surface area (Å²) >= 11 is 16.7. The first kappa shape index (κ1) is 13.1. The lowest BCUT2D eigenvalue weighted by Crippen LogP contribution is -2.35. The summed E-state index contributed by atoms with van der Waals surface area (Å²) in [7, 11) is 0. The second-order valence-electron chi connectivity index (χ2n) is 2.76. The van der Waals surface area contributed by atoms with Gasteiger partial charge in [-0.1, -0.05) is 23.2 Å². The van der Waals surface area contributed by atoms with E-state index in [0.29, 0.717) is 10.7 Å². The molecular formula is C9H7Cl3N2O2. The van der Waals surface area contributed by atoms with Gasteiger partial charge in [-0.3, -0.25) is 10.1 Å². The maximum atomic E-state index is 11.2. The van der Waals surface area contributed by atoms with E-state index in [0.717, 1.165) is 0 Å². The lowest BCUT2D eigenvalue weighted by Gasteiger charge is -2.07. The standard InChI is InChI=1S/C9H7Cl3N2O2/c10-4-8(15)14-9(16)13-7-2-1-5(11)3-6(7)12/h1-3H,4H2,(H2,13,14,15,16). The van der Waals surface area contributed by atoms with E-state index in [1.165, 1.54) is 12.1 Å². The Labute approximate surface area is 107 Å². The lowest BCUT2D eigenvalue weighted by atomic mass is 10.3. The molecule has 1 aromatic rings. The lowest BCUT2D eigenvalue weighted by molar-refractivity contribution is -0.117. The molecule has 3 amide bonds. The minimum atomic E-state index is -0.699. The average molecular weight is 282 g/mol. The van der Waals surface area contributed by atoms with Crippen molar-refractivity contribution in [1.82, 2.24) is 5.32 Å². The highest BCUT2D eigenvalue weighted by molar-refractivity contribution is 6.36. The summed E-state index contributed by atoms with van der Waals surface area (Å²) in [6.45, 7) is 0. The van der Waals surface area contributed by atoms with Crippen LogP contribution in [0.5, 0.6) is 0 Å². The van der Waals surface area contributed by atoms with E-state index in [1.54, 1.807) is 6.07 Å². The summed E-state index contributed by atoms with van der Waals surface area (Å²) in [5, 5.41) is 5.12. The van der Waals surface area contributed by atoms with Gasteiger partial charge < -0.3 is 5.32 Å². The zero-order valence-electron chi connectivity index (χ0n) is 7.89. The van der Waals surface area contributed by atoms with Gasteiger partial charge in [0.25, 0.3) is 0 Å². The molecule has 0 aliphatic rings. The second-order valence-corrected chi connectivity index (χ2v) is 3.87. The maximum absolute atomic E-state index is 11.2. The number of rotatable bonds is 2. The Hall–Kier alpha value is -0.970. The van der Waals surface area contributed by atoms with E-state index < -0.39 is 11.9 Å². The number of nitrogens with one attached hydrogen (secondary N) is 2. The molecule has 16 heavy (non-hydrogen) atoms. The number of imide groups is 1. The molecule has 0 unspecified atom stereocenters. The number of anilines is 1. The summed E-state index contributed by atoms with van der Waals surface area (Å²) in [5.41, 5.74) is 0.353. The van der Waals surface area contributed by atoms with Crippen LogP contribution in [-0.2, 0) is 4.79 Å². The zero-order chi connectivity index (χ0) is 12.1. The smallest absolute Gasteiger partial charge is 0.306 e. The Balaban J connectivity index is 2.66. The van der Waals surface area contributed by atoms with Crippen molar-refractivity contribution >= 4 is 52.4 Å². The molecule has 0 aliphatic carbocycles. The van der Waals surface area contributed by atoms with Crippen LogP contribution in [0.1, 0.15) is 0 Å². The number of hydrogen-bond acceptors (Lipinski definition) is 2. The van der Waals surface area contributed by atoms with E-state index >= 15 is 0 Å². The average Bonchev–Trinajstić information content (AvgIpc) is 2.22. The highest BCUT2D eigenvalue weighted by Crippen LogP contribution is 2.25. The molecule has 0 saturated carbocycles. The highest BCUT2D eigenvalue weighted by atomic mass is 35.5. The minimum Gasteiger partial charge on any atom is -0.306 e. The summed E-state index contributed by atoms with van der Waals surface area (Å²) in [6, 6.07) is 3.86. The van der Waals surface area contributed by atoms with Gasteiger partial charge in [0.15, 0.2) is 0 Å². The molecular weight excluding hydrogens is 274 g/mol. The summed E-state index contributed by atoms with van der Waals surface area (Å²) in [5.74, 6) is -0.883. The van der Waals surface area contributed by atoms with Gasteiger partial charge in [0.05, 0.1) is 10.7 Å². The van der Waals surface area contributed by atoms with E-state index in [1.807, 2.05) is 5.32 Å². The number of hydrogen-bond donors (Lipinski definition) is 2. The van der Waals surface area contributed by atoms with E-state index in [2.05, 4.69) is 5.32 Å². The van der Waals surface area contributed by atoms with Crippen molar-refractivity contribution in [3.63, 3.8) is 0 Å². The Morgan fingerprint density at radius 2 is 1.94 bits per heavy atom. The zero-order valence-corrected chi connectivity index (χ0v) is 10.2. The number of halogens is 3. The van der Waals surface area contributed by atoms with E-state index in [9.17, 15) is 9.59 Å². The second kappa shape index (κ2) is 5.94. The van der Waals surface area contributed by atoms with Crippen molar-refractivity contribution in [2.45, 2.75) is 0 Å². The Bertz CT molecular complexity index is 423. The minimum absolute atomic E-state index is 0.279. The van der Waals surface area contributed by atoms with Gasteiger partial charge in [-0.15, -0.1) is 11.6 Å². The van der Waals surface area contributed by atoms with Gasteiger partial charge in [-0.2, -0.15) is 0 Å². The normalized spacial score (nSPS) is 9.69.